The summed E-state index contributed by atoms with van der Waals surface area (Å²) in [4.78, 5) is 26.5. The van der Waals surface area contributed by atoms with Crippen molar-refractivity contribution in [2.24, 2.45) is 0 Å². The van der Waals surface area contributed by atoms with Gasteiger partial charge < -0.3 is 10.6 Å². The highest BCUT2D eigenvalue weighted by Gasteiger charge is 2.25. The topological polar surface area (TPSA) is 58.2 Å². The van der Waals surface area contributed by atoms with E-state index in [1.54, 1.807) is 18.2 Å². The zero-order chi connectivity index (χ0) is 17.3. The molecule has 4 nitrogen and oxygen atoms in total. The second kappa shape index (κ2) is 6.95. The molecule has 0 atom stereocenters. The van der Waals surface area contributed by atoms with Crippen LogP contribution in [0.2, 0.25) is 5.02 Å². The lowest BCUT2D eigenvalue weighted by atomic mass is 10.1. The maximum atomic E-state index is 12.4. The molecule has 24 heavy (non-hydrogen) atoms. The summed E-state index contributed by atoms with van der Waals surface area (Å²) in [5, 5.41) is 6.14. The molecule has 1 heterocycles. The van der Waals surface area contributed by atoms with E-state index in [0.717, 1.165) is 24.8 Å². The number of benzene rings is 1. The number of rotatable bonds is 5. The van der Waals surface area contributed by atoms with Crippen LogP contribution in [-0.2, 0) is 6.42 Å². The van der Waals surface area contributed by atoms with Crippen LogP contribution in [-0.4, -0.2) is 17.9 Å². The van der Waals surface area contributed by atoms with Gasteiger partial charge in [0, 0.05) is 16.6 Å². The summed E-state index contributed by atoms with van der Waals surface area (Å²) in [5.41, 5.74) is 2.08. The van der Waals surface area contributed by atoms with Crippen molar-refractivity contribution in [1.29, 1.82) is 0 Å². The molecule has 126 valence electrons. The molecule has 0 bridgehead atoms. The largest absolute Gasteiger partial charge is 0.349 e. The van der Waals surface area contributed by atoms with Crippen LogP contribution >= 0.6 is 22.9 Å². The van der Waals surface area contributed by atoms with E-state index in [0.29, 0.717) is 21.2 Å². The number of hydrogen-bond donors (Lipinski definition) is 2. The number of hydrogen-bond acceptors (Lipinski definition) is 3. The van der Waals surface area contributed by atoms with Gasteiger partial charge in [0.1, 0.15) is 0 Å². The molecular weight excluding hydrogens is 344 g/mol. The molecule has 0 radical (unpaired) electrons. The highest BCUT2D eigenvalue weighted by Crippen LogP contribution is 2.26. The molecule has 0 unspecified atom stereocenters. The molecule has 3 rings (SSSR count). The SMILES string of the molecule is CCc1sc(C(=O)Nc2ccc(Cl)c(C(=O)NC3CC3)c2)cc1C. The quantitative estimate of drug-likeness (QED) is 0.827. The summed E-state index contributed by atoms with van der Waals surface area (Å²) in [6.45, 7) is 4.08. The molecule has 0 spiro atoms. The van der Waals surface area contributed by atoms with Crippen molar-refractivity contribution in [2.75, 3.05) is 5.32 Å². The number of halogens is 1. The van der Waals surface area contributed by atoms with E-state index in [-0.39, 0.29) is 17.9 Å². The van der Waals surface area contributed by atoms with Gasteiger partial charge in [-0.3, -0.25) is 9.59 Å². The normalized spacial score (nSPS) is 13.6. The molecule has 0 aliphatic heterocycles. The third-order valence-electron chi connectivity index (χ3n) is 3.95. The predicted molar refractivity (Wildman–Crippen MR) is 98.3 cm³/mol. The third kappa shape index (κ3) is 3.79. The summed E-state index contributed by atoms with van der Waals surface area (Å²) < 4.78 is 0. The molecular formula is C18H19ClN2O2S. The minimum Gasteiger partial charge on any atom is -0.349 e. The Morgan fingerprint density at radius 1 is 1.25 bits per heavy atom. The van der Waals surface area contributed by atoms with Crippen molar-refractivity contribution < 1.29 is 9.59 Å². The van der Waals surface area contributed by atoms with Crippen LogP contribution in [0.15, 0.2) is 24.3 Å². The first kappa shape index (κ1) is 17.0. The van der Waals surface area contributed by atoms with Gasteiger partial charge in [-0.05, 0) is 56.0 Å². The molecule has 2 N–H and O–H groups in total. The Bertz CT molecular complexity index is 796. The molecule has 1 aromatic carbocycles. The first-order valence-corrected chi connectivity index (χ1v) is 9.18. The zero-order valence-corrected chi connectivity index (χ0v) is 15.2. The molecule has 1 aliphatic carbocycles. The van der Waals surface area contributed by atoms with Crippen LogP contribution in [0.5, 0.6) is 0 Å². The van der Waals surface area contributed by atoms with Crippen molar-refractivity contribution in [1.82, 2.24) is 5.32 Å². The summed E-state index contributed by atoms with van der Waals surface area (Å²) in [7, 11) is 0. The van der Waals surface area contributed by atoms with Gasteiger partial charge in [0.2, 0.25) is 0 Å². The minimum absolute atomic E-state index is 0.168. The van der Waals surface area contributed by atoms with Crippen LogP contribution < -0.4 is 10.6 Å². The van der Waals surface area contributed by atoms with E-state index in [9.17, 15) is 9.59 Å². The fourth-order valence-corrected chi connectivity index (χ4v) is 3.66. The summed E-state index contributed by atoms with van der Waals surface area (Å²) >= 11 is 7.62. The van der Waals surface area contributed by atoms with E-state index in [4.69, 9.17) is 11.6 Å². The summed E-state index contributed by atoms with van der Waals surface area (Å²) in [5.74, 6) is -0.363. The second-order valence-electron chi connectivity index (χ2n) is 5.97. The molecule has 1 saturated carbocycles. The van der Waals surface area contributed by atoms with Gasteiger partial charge in [-0.1, -0.05) is 18.5 Å². The van der Waals surface area contributed by atoms with Crippen LogP contribution in [0.1, 0.15) is 50.2 Å². The average Bonchev–Trinajstić information content (AvgIpc) is 3.28. The Labute approximate surface area is 150 Å². The lowest BCUT2D eigenvalue weighted by molar-refractivity contribution is 0.0950. The molecule has 0 saturated heterocycles. The van der Waals surface area contributed by atoms with Gasteiger partial charge >= 0.3 is 0 Å². The fraction of sp³-hybridized carbons (Fsp3) is 0.333. The van der Waals surface area contributed by atoms with Crippen molar-refractivity contribution >= 4 is 40.4 Å². The first-order chi connectivity index (χ1) is 11.5. The number of nitrogens with one attached hydrogen (secondary N) is 2. The highest BCUT2D eigenvalue weighted by atomic mass is 35.5. The molecule has 1 fully saturated rings. The van der Waals surface area contributed by atoms with E-state index in [1.807, 2.05) is 13.0 Å². The Hall–Kier alpha value is -1.85. The van der Waals surface area contributed by atoms with Crippen molar-refractivity contribution in [3.05, 3.63) is 50.2 Å². The van der Waals surface area contributed by atoms with Crippen LogP contribution in [0.4, 0.5) is 5.69 Å². The lowest BCUT2D eigenvalue weighted by Gasteiger charge is -2.09. The minimum atomic E-state index is -0.196. The summed E-state index contributed by atoms with van der Waals surface area (Å²) in [6.07, 6.45) is 2.94. The van der Waals surface area contributed by atoms with Crippen LogP contribution in [0, 0.1) is 6.92 Å². The number of carbonyl (C=O) groups excluding carboxylic acids is 2. The van der Waals surface area contributed by atoms with Gasteiger partial charge in [-0.2, -0.15) is 0 Å². The van der Waals surface area contributed by atoms with Crippen LogP contribution in [0.3, 0.4) is 0 Å². The number of amides is 2. The average molecular weight is 363 g/mol. The maximum Gasteiger partial charge on any atom is 0.265 e. The lowest BCUT2D eigenvalue weighted by Crippen LogP contribution is -2.25. The molecule has 2 aromatic rings. The number of anilines is 1. The Kier molecular flexibility index (Phi) is 4.92. The van der Waals surface area contributed by atoms with E-state index >= 15 is 0 Å². The van der Waals surface area contributed by atoms with Gasteiger partial charge in [-0.25, -0.2) is 0 Å². The van der Waals surface area contributed by atoms with Crippen molar-refractivity contribution in [2.45, 2.75) is 39.2 Å². The number of aryl methyl sites for hydroxylation is 2. The van der Waals surface area contributed by atoms with E-state index in [1.165, 1.54) is 16.2 Å². The van der Waals surface area contributed by atoms with Gasteiger partial charge in [0.25, 0.3) is 11.8 Å². The molecule has 2 amide bonds. The number of thiophene rings is 1. The van der Waals surface area contributed by atoms with E-state index in [2.05, 4.69) is 17.6 Å². The monoisotopic (exact) mass is 362 g/mol. The van der Waals surface area contributed by atoms with Gasteiger partial charge in [0.15, 0.2) is 0 Å². The van der Waals surface area contributed by atoms with E-state index < -0.39 is 0 Å². The van der Waals surface area contributed by atoms with Crippen LogP contribution in [0.25, 0.3) is 0 Å². The zero-order valence-electron chi connectivity index (χ0n) is 13.6. The second-order valence-corrected chi connectivity index (χ2v) is 7.51. The Balaban J connectivity index is 1.76. The maximum absolute atomic E-state index is 12.4. The smallest absolute Gasteiger partial charge is 0.265 e. The Morgan fingerprint density at radius 3 is 2.62 bits per heavy atom. The fourth-order valence-electron chi connectivity index (χ4n) is 2.44. The predicted octanol–water partition coefficient (Wildman–Crippen LogP) is 4.42. The van der Waals surface area contributed by atoms with Crippen molar-refractivity contribution in [3.63, 3.8) is 0 Å². The van der Waals surface area contributed by atoms with Crippen molar-refractivity contribution in [3.8, 4) is 0 Å². The molecule has 6 heteroatoms. The number of carbonyl (C=O) groups is 2. The Morgan fingerprint density at radius 2 is 2.00 bits per heavy atom. The highest BCUT2D eigenvalue weighted by molar-refractivity contribution is 7.14. The van der Waals surface area contributed by atoms with Gasteiger partial charge in [0.05, 0.1) is 15.5 Å². The molecule has 1 aliphatic rings. The first-order valence-electron chi connectivity index (χ1n) is 7.99. The third-order valence-corrected chi connectivity index (χ3v) is 5.66. The standard InChI is InChI=1S/C18H19ClN2O2S/c1-3-15-10(2)8-16(24-15)18(23)21-12-6-7-14(19)13(9-12)17(22)20-11-4-5-11/h6-9,11H,3-5H2,1-2H3,(H,20,22)(H,21,23). The van der Waals surface area contributed by atoms with Gasteiger partial charge in [-0.15, -0.1) is 11.3 Å². The molecule has 1 aromatic heterocycles. The summed E-state index contributed by atoms with van der Waals surface area (Å²) in [6, 6.07) is 7.12.